The van der Waals surface area contributed by atoms with Gasteiger partial charge < -0.3 is 5.11 Å². The number of nitrogens with one attached hydrogen (secondary N) is 1. The van der Waals surface area contributed by atoms with Gasteiger partial charge in [0.05, 0.1) is 0 Å². The van der Waals surface area contributed by atoms with E-state index in [4.69, 9.17) is 0 Å². The van der Waals surface area contributed by atoms with Crippen LogP contribution in [-0.4, -0.2) is 22.2 Å². The molecule has 5 aliphatic carbocycles. The highest BCUT2D eigenvalue weighted by Gasteiger charge is 2.55. The van der Waals surface area contributed by atoms with Crippen molar-refractivity contribution in [3.8, 4) is 0 Å². The lowest BCUT2D eigenvalue weighted by Crippen LogP contribution is -2.66. The van der Waals surface area contributed by atoms with Gasteiger partial charge in [-0.05, 0) is 69.1 Å². The Bertz CT molecular complexity index is 362. The molecule has 0 aromatic rings. The van der Waals surface area contributed by atoms with Gasteiger partial charge in [0.1, 0.15) is 5.54 Å². The third kappa shape index (κ3) is 1.84. The second kappa shape index (κ2) is 3.97. The van der Waals surface area contributed by atoms with Crippen LogP contribution in [0.1, 0.15) is 64.2 Å². The summed E-state index contributed by atoms with van der Waals surface area (Å²) in [6.07, 6.45) is 11.8. The molecule has 5 fully saturated rings. The number of hydrogen-bond acceptors (Lipinski definition) is 2. The van der Waals surface area contributed by atoms with Gasteiger partial charge in [0, 0.05) is 5.54 Å². The Morgan fingerprint density at radius 2 is 1.42 bits per heavy atom. The Kier molecular flexibility index (Phi) is 2.55. The molecule has 0 radical (unpaired) electrons. The van der Waals surface area contributed by atoms with Crippen molar-refractivity contribution in [3.05, 3.63) is 0 Å². The third-order valence-electron chi connectivity index (χ3n) is 6.41. The fourth-order valence-corrected chi connectivity index (χ4v) is 6.14. The van der Waals surface area contributed by atoms with E-state index in [-0.39, 0.29) is 5.54 Å². The molecule has 3 heteroatoms. The smallest absolute Gasteiger partial charge is 0.323 e. The van der Waals surface area contributed by atoms with Gasteiger partial charge in [-0.3, -0.25) is 10.1 Å². The monoisotopic (exact) mass is 263 g/mol. The van der Waals surface area contributed by atoms with Gasteiger partial charge in [-0.1, -0.05) is 12.8 Å². The van der Waals surface area contributed by atoms with Crippen molar-refractivity contribution in [2.24, 2.45) is 17.8 Å². The summed E-state index contributed by atoms with van der Waals surface area (Å²) < 4.78 is 0. The van der Waals surface area contributed by atoms with Crippen LogP contribution < -0.4 is 5.32 Å². The molecule has 0 amide bonds. The SMILES string of the molecule is O=C(O)C1(NC23CC4CC(CC(C4)C2)C3)CCCC1. The Morgan fingerprint density at radius 1 is 0.947 bits per heavy atom. The standard InChI is InChI=1S/C16H25NO2/c18-14(19)16(3-1-2-4-16)17-15-8-11-5-12(9-15)7-13(6-11)10-15/h11-13,17H,1-10H2,(H,18,19). The second-order valence-electron chi connectivity index (χ2n) is 7.92. The van der Waals surface area contributed by atoms with Gasteiger partial charge in [-0.25, -0.2) is 0 Å². The molecule has 4 bridgehead atoms. The van der Waals surface area contributed by atoms with Gasteiger partial charge in [0.15, 0.2) is 0 Å². The largest absolute Gasteiger partial charge is 0.480 e. The first-order valence-electron chi connectivity index (χ1n) is 8.12. The zero-order chi connectivity index (χ0) is 13.1. The summed E-state index contributed by atoms with van der Waals surface area (Å²) in [5.74, 6) is 2.05. The van der Waals surface area contributed by atoms with Gasteiger partial charge >= 0.3 is 5.97 Å². The number of carboxylic acids is 1. The lowest BCUT2D eigenvalue weighted by molar-refractivity contribution is -0.148. The van der Waals surface area contributed by atoms with Crippen molar-refractivity contribution in [2.75, 3.05) is 0 Å². The molecular weight excluding hydrogens is 238 g/mol. The maximum Gasteiger partial charge on any atom is 0.323 e. The first kappa shape index (κ1) is 12.2. The zero-order valence-electron chi connectivity index (χ0n) is 11.7. The van der Waals surface area contributed by atoms with Crippen LogP contribution in [0.15, 0.2) is 0 Å². The molecule has 0 aromatic heterocycles. The molecule has 5 aliphatic rings. The summed E-state index contributed by atoms with van der Waals surface area (Å²) in [7, 11) is 0. The Labute approximate surface area is 115 Å². The fourth-order valence-electron chi connectivity index (χ4n) is 6.14. The topological polar surface area (TPSA) is 49.3 Å². The molecule has 19 heavy (non-hydrogen) atoms. The van der Waals surface area contributed by atoms with Crippen molar-refractivity contribution in [2.45, 2.75) is 75.3 Å². The van der Waals surface area contributed by atoms with E-state index in [0.717, 1.165) is 43.4 Å². The quantitative estimate of drug-likeness (QED) is 0.823. The summed E-state index contributed by atoms with van der Waals surface area (Å²) in [5.41, 5.74) is -0.414. The van der Waals surface area contributed by atoms with Crippen LogP contribution in [0.25, 0.3) is 0 Å². The maximum atomic E-state index is 11.8. The van der Waals surface area contributed by atoms with E-state index in [0.29, 0.717) is 0 Å². The van der Waals surface area contributed by atoms with Crippen molar-refractivity contribution in [3.63, 3.8) is 0 Å². The molecule has 0 aliphatic heterocycles. The van der Waals surface area contributed by atoms with Gasteiger partial charge in [0.2, 0.25) is 0 Å². The van der Waals surface area contributed by atoms with E-state index in [9.17, 15) is 9.90 Å². The van der Waals surface area contributed by atoms with Crippen LogP contribution in [-0.2, 0) is 4.79 Å². The van der Waals surface area contributed by atoms with E-state index in [1.54, 1.807) is 0 Å². The minimum atomic E-state index is -0.597. The van der Waals surface area contributed by atoms with E-state index in [1.807, 2.05) is 0 Å². The number of hydrogen-bond donors (Lipinski definition) is 2. The Balaban J connectivity index is 1.60. The van der Waals surface area contributed by atoms with Crippen molar-refractivity contribution in [1.82, 2.24) is 5.32 Å². The summed E-state index contributed by atoms with van der Waals surface area (Å²) in [6, 6.07) is 0. The zero-order valence-corrected chi connectivity index (χ0v) is 11.7. The number of carbonyl (C=O) groups is 1. The minimum absolute atomic E-state index is 0.178. The molecule has 0 atom stereocenters. The summed E-state index contributed by atoms with van der Waals surface area (Å²) in [4.78, 5) is 11.8. The molecule has 3 nitrogen and oxygen atoms in total. The summed E-state index contributed by atoms with van der Waals surface area (Å²) in [5, 5.41) is 13.4. The van der Waals surface area contributed by atoms with Crippen LogP contribution >= 0.6 is 0 Å². The highest BCUT2D eigenvalue weighted by atomic mass is 16.4. The van der Waals surface area contributed by atoms with Crippen LogP contribution in [0.3, 0.4) is 0 Å². The molecule has 0 saturated heterocycles. The first-order chi connectivity index (χ1) is 9.09. The third-order valence-corrected chi connectivity index (χ3v) is 6.41. The average Bonchev–Trinajstić information content (AvgIpc) is 2.76. The summed E-state index contributed by atoms with van der Waals surface area (Å²) in [6.45, 7) is 0. The van der Waals surface area contributed by atoms with Gasteiger partial charge in [-0.15, -0.1) is 0 Å². The molecule has 0 heterocycles. The lowest BCUT2D eigenvalue weighted by Gasteiger charge is -2.58. The fraction of sp³-hybridized carbons (Fsp3) is 0.938. The van der Waals surface area contributed by atoms with Crippen LogP contribution in [0.5, 0.6) is 0 Å². The minimum Gasteiger partial charge on any atom is -0.480 e. The first-order valence-corrected chi connectivity index (χ1v) is 8.12. The Hall–Kier alpha value is -0.570. The molecular formula is C16H25NO2. The van der Waals surface area contributed by atoms with Crippen molar-refractivity contribution >= 4 is 5.97 Å². The predicted molar refractivity (Wildman–Crippen MR) is 72.9 cm³/mol. The van der Waals surface area contributed by atoms with E-state index < -0.39 is 11.5 Å². The number of carboxylic acid groups (broad SMARTS) is 1. The van der Waals surface area contributed by atoms with E-state index in [1.165, 1.54) is 38.5 Å². The second-order valence-corrected chi connectivity index (χ2v) is 7.92. The molecule has 2 N–H and O–H groups in total. The van der Waals surface area contributed by atoms with Crippen LogP contribution in [0.4, 0.5) is 0 Å². The predicted octanol–water partition coefficient (Wildman–Crippen LogP) is 2.94. The molecule has 0 spiro atoms. The maximum absolute atomic E-state index is 11.8. The lowest BCUT2D eigenvalue weighted by atomic mass is 9.52. The van der Waals surface area contributed by atoms with E-state index in [2.05, 4.69) is 5.32 Å². The molecule has 0 aromatic carbocycles. The Morgan fingerprint density at radius 3 is 1.84 bits per heavy atom. The highest BCUT2D eigenvalue weighted by molar-refractivity contribution is 5.79. The van der Waals surface area contributed by atoms with Crippen LogP contribution in [0, 0.1) is 17.8 Å². The van der Waals surface area contributed by atoms with Crippen molar-refractivity contribution < 1.29 is 9.90 Å². The number of aliphatic carboxylic acids is 1. The van der Waals surface area contributed by atoms with E-state index >= 15 is 0 Å². The normalized spacial score (nSPS) is 46.6. The van der Waals surface area contributed by atoms with Gasteiger partial charge in [-0.2, -0.15) is 0 Å². The molecule has 0 unspecified atom stereocenters. The highest BCUT2D eigenvalue weighted by Crippen LogP contribution is 2.56. The van der Waals surface area contributed by atoms with Gasteiger partial charge in [0.25, 0.3) is 0 Å². The molecule has 106 valence electrons. The molecule has 5 rings (SSSR count). The molecule has 5 saturated carbocycles. The summed E-state index contributed by atoms with van der Waals surface area (Å²) >= 11 is 0. The average molecular weight is 263 g/mol. The van der Waals surface area contributed by atoms with Crippen molar-refractivity contribution in [1.29, 1.82) is 0 Å². The van der Waals surface area contributed by atoms with Crippen LogP contribution in [0.2, 0.25) is 0 Å². The number of rotatable bonds is 3.